The maximum atomic E-state index is 13.7. The summed E-state index contributed by atoms with van der Waals surface area (Å²) in [7, 11) is 3.11. The van der Waals surface area contributed by atoms with Crippen LogP contribution in [0.25, 0.3) is 0 Å². The maximum Gasteiger partial charge on any atom is 0.250 e. The van der Waals surface area contributed by atoms with Crippen LogP contribution in [0.2, 0.25) is 0 Å². The molecule has 0 aromatic heterocycles. The van der Waals surface area contributed by atoms with E-state index in [9.17, 15) is 19.5 Å². The van der Waals surface area contributed by atoms with Crippen molar-refractivity contribution in [3.8, 4) is 5.75 Å². The lowest BCUT2D eigenvalue weighted by atomic mass is 9.65. The zero-order chi connectivity index (χ0) is 23.3. The minimum absolute atomic E-state index is 0.250. The minimum atomic E-state index is -1.11. The Morgan fingerprint density at radius 1 is 1.28 bits per heavy atom. The maximum absolute atomic E-state index is 13.7. The fraction of sp³-hybridized carbons (Fsp3) is 0.609. The van der Waals surface area contributed by atoms with Gasteiger partial charge in [-0.2, -0.15) is 0 Å². The van der Waals surface area contributed by atoms with Crippen molar-refractivity contribution in [2.75, 3.05) is 26.1 Å². The molecule has 2 bridgehead atoms. The van der Waals surface area contributed by atoms with E-state index in [1.807, 2.05) is 6.92 Å². The number of carbonyl (C=O) groups is 3. The summed E-state index contributed by atoms with van der Waals surface area (Å²) in [6, 6.07) is 5.35. The SMILES string of the molecule is CC[C@]12CCC3(O1)C(C(=O)Nc1ccc(OC)cc1)N([C@H](C)CO)C(=O)[C@@H]3[C@H]2C(=O)NC. The van der Waals surface area contributed by atoms with E-state index < -0.39 is 41.0 Å². The fourth-order valence-electron chi connectivity index (χ4n) is 5.96. The molecular formula is C23H31N3O6. The summed E-state index contributed by atoms with van der Waals surface area (Å²) >= 11 is 0. The average Bonchev–Trinajstić information content (AvgIpc) is 3.42. The van der Waals surface area contributed by atoms with E-state index in [4.69, 9.17) is 9.47 Å². The van der Waals surface area contributed by atoms with Crippen molar-refractivity contribution in [3.63, 3.8) is 0 Å². The molecule has 9 nitrogen and oxygen atoms in total. The van der Waals surface area contributed by atoms with Gasteiger partial charge in [-0.1, -0.05) is 6.92 Å². The van der Waals surface area contributed by atoms with Crippen LogP contribution >= 0.6 is 0 Å². The van der Waals surface area contributed by atoms with Crippen LogP contribution < -0.4 is 15.4 Å². The van der Waals surface area contributed by atoms with Crippen LogP contribution in [-0.4, -0.2) is 71.8 Å². The predicted octanol–water partition coefficient (Wildman–Crippen LogP) is 0.915. The number of methoxy groups -OCH3 is 1. The Hall–Kier alpha value is -2.65. The van der Waals surface area contributed by atoms with Crippen molar-refractivity contribution in [2.24, 2.45) is 11.8 Å². The van der Waals surface area contributed by atoms with Gasteiger partial charge >= 0.3 is 0 Å². The topological polar surface area (TPSA) is 117 Å². The van der Waals surface area contributed by atoms with E-state index in [1.54, 1.807) is 45.3 Å². The molecule has 0 saturated carbocycles. The summed E-state index contributed by atoms with van der Waals surface area (Å²) in [6.07, 6.45) is 1.66. The van der Waals surface area contributed by atoms with Gasteiger partial charge in [-0.05, 0) is 50.5 Å². The van der Waals surface area contributed by atoms with Crippen LogP contribution in [-0.2, 0) is 19.1 Å². The molecule has 0 radical (unpaired) electrons. The zero-order valence-corrected chi connectivity index (χ0v) is 18.9. The van der Waals surface area contributed by atoms with Gasteiger partial charge in [0.15, 0.2) is 0 Å². The number of amides is 3. The molecule has 3 aliphatic heterocycles. The molecule has 4 rings (SSSR count). The summed E-state index contributed by atoms with van der Waals surface area (Å²) in [5, 5.41) is 15.4. The monoisotopic (exact) mass is 445 g/mol. The van der Waals surface area contributed by atoms with E-state index >= 15 is 0 Å². The number of nitrogens with one attached hydrogen (secondary N) is 2. The highest BCUT2D eigenvalue weighted by molar-refractivity contribution is 6.03. The Morgan fingerprint density at radius 3 is 2.53 bits per heavy atom. The lowest BCUT2D eigenvalue weighted by Crippen LogP contribution is -2.55. The molecule has 3 fully saturated rings. The number of ether oxygens (including phenoxy) is 2. The van der Waals surface area contributed by atoms with E-state index in [1.165, 1.54) is 4.90 Å². The number of hydrogen-bond donors (Lipinski definition) is 3. The van der Waals surface area contributed by atoms with Crippen molar-refractivity contribution in [1.29, 1.82) is 0 Å². The van der Waals surface area contributed by atoms with Crippen LogP contribution in [0.4, 0.5) is 5.69 Å². The first kappa shape index (κ1) is 22.5. The first-order chi connectivity index (χ1) is 15.3. The predicted molar refractivity (Wildman–Crippen MR) is 116 cm³/mol. The van der Waals surface area contributed by atoms with E-state index in [0.29, 0.717) is 30.7 Å². The van der Waals surface area contributed by atoms with Crippen LogP contribution in [0.3, 0.4) is 0 Å². The molecule has 174 valence electrons. The first-order valence-corrected chi connectivity index (χ1v) is 11.1. The highest BCUT2D eigenvalue weighted by Crippen LogP contribution is 2.64. The third-order valence-corrected chi connectivity index (χ3v) is 7.49. The highest BCUT2D eigenvalue weighted by atomic mass is 16.5. The fourth-order valence-corrected chi connectivity index (χ4v) is 5.96. The highest BCUT2D eigenvalue weighted by Gasteiger charge is 2.78. The number of aliphatic hydroxyl groups excluding tert-OH is 1. The van der Waals surface area contributed by atoms with Crippen molar-refractivity contribution in [2.45, 2.75) is 56.4 Å². The van der Waals surface area contributed by atoms with Crippen molar-refractivity contribution in [3.05, 3.63) is 24.3 Å². The molecule has 32 heavy (non-hydrogen) atoms. The average molecular weight is 446 g/mol. The summed E-state index contributed by atoms with van der Waals surface area (Å²) in [6.45, 7) is 3.34. The number of carbonyl (C=O) groups excluding carboxylic acids is 3. The molecule has 2 unspecified atom stereocenters. The summed E-state index contributed by atoms with van der Waals surface area (Å²) in [4.78, 5) is 41.6. The summed E-state index contributed by atoms with van der Waals surface area (Å²) in [5.74, 6) is -1.74. The Kier molecular flexibility index (Phi) is 5.67. The number of nitrogens with zero attached hydrogens (tertiary/aromatic N) is 1. The molecule has 3 N–H and O–H groups in total. The molecule has 1 aromatic carbocycles. The standard InChI is InChI=1S/C23H31N3O6/c1-5-22-10-11-23(32-22)17(16(22)19(28)24-3)21(30)26(13(2)12-27)18(23)20(29)25-14-6-8-15(31-4)9-7-14/h6-9,13,16-18,27H,5,10-12H2,1-4H3,(H,24,28)(H,25,29)/t13-,16+,17+,18?,22-,23?/m1/s1. The van der Waals surface area contributed by atoms with Gasteiger partial charge in [0, 0.05) is 12.7 Å². The van der Waals surface area contributed by atoms with Crippen molar-refractivity contribution >= 4 is 23.4 Å². The van der Waals surface area contributed by atoms with Crippen LogP contribution in [0.1, 0.15) is 33.1 Å². The number of likely N-dealkylation sites (tertiary alicyclic amines) is 1. The van der Waals surface area contributed by atoms with Gasteiger partial charge < -0.3 is 30.1 Å². The van der Waals surface area contributed by atoms with Crippen molar-refractivity contribution < 1.29 is 29.0 Å². The Morgan fingerprint density at radius 2 is 1.97 bits per heavy atom. The summed E-state index contributed by atoms with van der Waals surface area (Å²) in [5.41, 5.74) is -1.32. The second-order valence-electron chi connectivity index (χ2n) is 8.94. The van der Waals surface area contributed by atoms with Gasteiger partial charge in [-0.25, -0.2) is 0 Å². The van der Waals surface area contributed by atoms with Crippen LogP contribution in [0, 0.1) is 11.8 Å². The number of benzene rings is 1. The molecule has 6 atom stereocenters. The Labute approximate surface area is 187 Å². The van der Waals surface area contributed by atoms with Crippen LogP contribution in [0.5, 0.6) is 5.75 Å². The van der Waals surface area contributed by atoms with Gasteiger partial charge in [0.05, 0.1) is 37.2 Å². The smallest absolute Gasteiger partial charge is 0.250 e. The van der Waals surface area contributed by atoms with Gasteiger partial charge in [0.2, 0.25) is 17.7 Å². The molecule has 3 saturated heterocycles. The second kappa shape index (κ2) is 8.04. The largest absolute Gasteiger partial charge is 0.497 e. The number of rotatable bonds is 7. The normalized spacial score (nSPS) is 33.7. The molecule has 3 aliphatic rings. The number of fused-ring (bicyclic) bond motifs is 1. The van der Waals surface area contributed by atoms with Crippen molar-refractivity contribution in [1.82, 2.24) is 10.2 Å². The molecule has 0 aliphatic carbocycles. The second-order valence-corrected chi connectivity index (χ2v) is 8.94. The van der Waals surface area contributed by atoms with Gasteiger partial charge in [-0.3, -0.25) is 14.4 Å². The van der Waals surface area contributed by atoms with E-state index in [-0.39, 0.29) is 18.4 Å². The number of anilines is 1. The molecule has 1 spiro atoms. The molecule has 3 amide bonds. The quantitative estimate of drug-likeness (QED) is 0.575. The minimum Gasteiger partial charge on any atom is -0.497 e. The number of hydrogen-bond acceptors (Lipinski definition) is 6. The molecular weight excluding hydrogens is 414 g/mol. The lowest BCUT2D eigenvalue weighted by molar-refractivity contribution is -0.148. The van der Waals surface area contributed by atoms with Crippen LogP contribution in [0.15, 0.2) is 24.3 Å². The zero-order valence-electron chi connectivity index (χ0n) is 18.9. The van der Waals surface area contributed by atoms with E-state index in [0.717, 1.165) is 0 Å². The van der Waals surface area contributed by atoms with Gasteiger partial charge in [0.1, 0.15) is 17.4 Å². The Balaban J connectivity index is 1.75. The van der Waals surface area contributed by atoms with Gasteiger partial charge in [0.25, 0.3) is 0 Å². The third-order valence-electron chi connectivity index (χ3n) is 7.49. The van der Waals surface area contributed by atoms with Gasteiger partial charge in [-0.15, -0.1) is 0 Å². The summed E-state index contributed by atoms with van der Waals surface area (Å²) < 4.78 is 11.7. The molecule has 1 aromatic rings. The first-order valence-electron chi connectivity index (χ1n) is 11.1. The van der Waals surface area contributed by atoms with E-state index in [2.05, 4.69) is 10.6 Å². The Bertz CT molecular complexity index is 921. The molecule has 9 heteroatoms. The number of aliphatic hydroxyl groups is 1. The lowest BCUT2D eigenvalue weighted by Gasteiger charge is -2.36. The third kappa shape index (κ3) is 3.02. The molecule has 3 heterocycles.